The topological polar surface area (TPSA) is 68.1 Å². The Hall–Kier alpha value is -2.02. The van der Waals surface area contributed by atoms with Crippen molar-refractivity contribution in [2.24, 2.45) is 0 Å². The summed E-state index contributed by atoms with van der Waals surface area (Å²) in [6.07, 6.45) is 0.332. The van der Waals surface area contributed by atoms with E-state index in [1.54, 1.807) is 34.9 Å². The van der Waals surface area contributed by atoms with Crippen LogP contribution in [0, 0.1) is 20.8 Å². The first-order valence-corrected chi connectivity index (χ1v) is 8.80. The lowest BCUT2D eigenvalue weighted by Gasteiger charge is -2.20. The molecule has 2 heterocycles. The fraction of sp³-hybridized carbons (Fsp3) is 0.529. The number of aromatic nitrogens is 3. The van der Waals surface area contributed by atoms with Crippen molar-refractivity contribution in [2.75, 3.05) is 7.05 Å². The molecule has 0 radical (unpaired) electrons. The Kier molecular flexibility index (Phi) is 5.54. The summed E-state index contributed by atoms with van der Waals surface area (Å²) in [5.41, 5.74) is 3.09. The van der Waals surface area contributed by atoms with Crippen LogP contribution in [-0.2, 0) is 11.3 Å². The summed E-state index contributed by atoms with van der Waals surface area (Å²) in [5, 5.41) is 7.42. The lowest BCUT2D eigenvalue weighted by molar-refractivity contribution is -0.131. The van der Waals surface area contributed by atoms with Crippen LogP contribution in [-0.4, -0.2) is 38.4 Å². The van der Waals surface area contributed by atoms with E-state index >= 15 is 0 Å². The predicted molar refractivity (Wildman–Crippen MR) is 94.4 cm³/mol. The van der Waals surface area contributed by atoms with E-state index in [0.29, 0.717) is 24.2 Å². The number of carbonyl (C=O) groups is 2. The smallest absolute Gasteiger partial charge is 0.224 e. The Balaban J connectivity index is 2.06. The third-order valence-electron chi connectivity index (χ3n) is 4.06. The SMILES string of the molecule is CC(=O)c1c(C)nn([C@@H](C)CC(=O)N(C)Cc2csc(C)n2)c1C. The van der Waals surface area contributed by atoms with Gasteiger partial charge < -0.3 is 4.90 Å². The molecule has 0 saturated carbocycles. The van der Waals surface area contributed by atoms with Crippen LogP contribution in [0.4, 0.5) is 0 Å². The van der Waals surface area contributed by atoms with Gasteiger partial charge in [0.05, 0.1) is 34.5 Å². The Morgan fingerprint density at radius 1 is 1.33 bits per heavy atom. The summed E-state index contributed by atoms with van der Waals surface area (Å²) in [4.78, 5) is 30.3. The van der Waals surface area contributed by atoms with Crippen LogP contribution in [0.25, 0.3) is 0 Å². The molecule has 2 rings (SSSR count). The number of hydrogen-bond acceptors (Lipinski definition) is 5. The van der Waals surface area contributed by atoms with Crippen molar-refractivity contribution in [1.82, 2.24) is 19.7 Å². The minimum absolute atomic E-state index is 0.00537. The molecular weight excluding hydrogens is 324 g/mol. The highest BCUT2D eigenvalue weighted by atomic mass is 32.1. The first-order valence-electron chi connectivity index (χ1n) is 7.92. The van der Waals surface area contributed by atoms with E-state index in [4.69, 9.17) is 0 Å². The van der Waals surface area contributed by atoms with E-state index in [1.807, 2.05) is 33.1 Å². The number of Topliss-reactive ketones (excluding diaryl/α,β-unsaturated/α-hetero) is 1. The van der Waals surface area contributed by atoms with Gasteiger partial charge in [-0.2, -0.15) is 5.10 Å². The number of rotatable bonds is 6. The molecule has 0 aliphatic rings. The van der Waals surface area contributed by atoms with E-state index in [-0.39, 0.29) is 17.7 Å². The molecule has 0 aliphatic heterocycles. The zero-order chi connectivity index (χ0) is 18.0. The molecule has 24 heavy (non-hydrogen) atoms. The monoisotopic (exact) mass is 348 g/mol. The van der Waals surface area contributed by atoms with Gasteiger partial charge in [0, 0.05) is 24.5 Å². The van der Waals surface area contributed by atoms with Crippen LogP contribution >= 0.6 is 11.3 Å². The highest BCUT2D eigenvalue weighted by Crippen LogP contribution is 2.21. The van der Waals surface area contributed by atoms with E-state index in [2.05, 4.69) is 10.1 Å². The molecule has 1 amide bonds. The van der Waals surface area contributed by atoms with Gasteiger partial charge in [0.15, 0.2) is 5.78 Å². The molecule has 0 unspecified atom stereocenters. The van der Waals surface area contributed by atoms with Crippen molar-refractivity contribution >= 4 is 23.0 Å². The van der Waals surface area contributed by atoms with E-state index in [0.717, 1.165) is 16.4 Å². The predicted octanol–water partition coefficient (Wildman–Crippen LogP) is 3.08. The van der Waals surface area contributed by atoms with Gasteiger partial charge in [-0.05, 0) is 34.6 Å². The molecule has 0 fully saturated rings. The van der Waals surface area contributed by atoms with Gasteiger partial charge in [-0.15, -0.1) is 11.3 Å². The molecule has 0 saturated heterocycles. The van der Waals surface area contributed by atoms with Gasteiger partial charge in [-0.1, -0.05) is 0 Å². The maximum absolute atomic E-state index is 12.5. The second-order valence-electron chi connectivity index (χ2n) is 6.21. The number of aryl methyl sites for hydroxylation is 2. The molecule has 0 bridgehead atoms. The van der Waals surface area contributed by atoms with Gasteiger partial charge in [0.25, 0.3) is 0 Å². The Labute approximate surface area is 146 Å². The molecule has 130 valence electrons. The van der Waals surface area contributed by atoms with E-state index in [9.17, 15) is 9.59 Å². The zero-order valence-corrected chi connectivity index (χ0v) is 15.9. The standard InChI is InChI=1S/C17H24N4O2S/c1-10(21-12(3)17(13(4)22)11(2)19-21)7-16(23)20(6)8-15-9-24-14(5)18-15/h9-10H,7-8H2,1-6H3/t10-/m0/s1. The highest BCUT2D eigenvalue weighted by molar-refractivity contribution is 7.09. The number of carbonyl (C=O) groups excluding carboxylic acids is 2. The fourth-order valence-corrected chi connectivity index (χ4v) is 3.51. The summed E-state index contributed by atoms with van der Waals surface area (Å²) in [5.74, 6) is 0.0378. The zero-order valence-electron chi connectivity index (χ0n) is 15.1. The summed E-state index contributed by atoms with van der Waals surface area (Å²) in [6.45, 7) is 9.65. The quantitative estimate of drug-likeness (QED) is 0.752. The minimum Gasteiger partial charge on any atom is -0.340 e. The normalized spacial score (nSPS) is 12.2. The fourth-order valence-electron chi connectivity index (χ4n) is 2.91. The van der Waals surface area contributed by atoms with E-state index < -0.39 is 0 Å². The van der Waals surface area contributed by atoms with Gasteiger partial charge in [0.2, 0.25) is 5.91 Å². The molecule has 7 heteroatoms. The van der Waals surface area contributed by atoms with Gasteiger partial charge in [-0.25, -0.2) is 4.98 Å². The van der Waals surface area contributed by atoms with Crippen molar-refractivity contribution in [3.05, 3.63) is 33.0 Å². The van der Waals surface area contributed by atoms with Crippen LogP contribution in [0.3, 0.4) is 0 Å². The molecule has 6 nitrogen and oxygen atoms in total. The molecule has 0 spiro atoms. The second-order valence-corrected chi connectivity index (χ2v) is 7.27. The summed E-state index contributed by atoms with van der Waals surface area (Å²) in [6, 6.07) is -0.107. The number of hydrogen-bond donors (Lipinski definition) is 0. The molecule has 1 atom stereocenters. The molecule has 0 aromatic carbocycles. The summed E-state index contributed by atoms with van der Waals surface area (Å²) < 4.78 is 1.78. The Morgan fingerprint density at radius 3 is 2.50 bits per heavy atom. The molecule has 0 N–H and O–H groups in total. The molecule has 2 aromatic heterocycles. The summed E-state index contributed by atoms with van der Waals surface area (Å²) in [7, 11) is 1.78. The second kappa shape index (κ2) is 7.25. The van der Waals surface area contributed by atoms with Crippen LogP contribution in [0.15, 0.2) is 5.38 Å². The highest BCUT2D eigenvalue weighted by Gasteiger charge is 2.21. The lowest BCUT2D eigenvalue weighted by atomic mass is 10.1. The number of amides is 1. The van der Waals surface area contributed by atoms with Crippen molar-refractivity contribution in [2.45, 2.75) is 53.6 Å². The van der Waals surface area contributed by atoms with Crippen LogP contribution in [0.1, 0.15) is 58.8 Å². The van der Waals surface area contributed by atoms with Crippen molar-refractivity contribution < 1.29 is 9.59 Å². The van der Waals surface area contributed by atoms with Crippen molar-refractivity contribution in [3.8, 4) is 0 Å². The van der Waals surface area contributed by atoms with Crippen LogP contribution < -0.4 is 0 Å². The van der Waals surface area contributed by atoms with Crippen LogP contribution in [0.2, 0.25) is 0 Å². The third kappa shape index (κ3) is 3.90. The molecular formula is C17H24N4O2S. The number of ketones is 1. The Morgan fingerprint density at radius 2 is 2.00 bits per heavy atom. The average Bonchev–Trinajstić information content (AvgIpc) is 3.01. The minimum atomic E-state index is -0.107. The molecule has 2 aromatic rings. The van der Waals surface area contributed by atoms with Crippen LogP contribution in [0.5, 0.6) is 0 Å². The summed E-state index contributed by atoms with van der Waals surface area (Å²) >= 11 is 1.58. The van der Waals surface area contributed by atoms with Gasteiger partial charge in [-0.3, -0.25) is 14.3 Å². The van der Waals surface area contributed by atoms with Gasteiger partial charge >= 0.3 is 0 Å². The largest absolute Gasteiger partial charge is 0.340 e. The number of nitrogens with zero attached hydrogens (tertiary/aromatic N) is 4. The lowest BCUT2D eigenvalue weighted by Crippen LogP contribution is -2.28. The molecule has 0 aliphatic carbocycles. The Bertz CT molecular complexity index is 763. The number of thiazole rings is 1. The van der Waals surface area contributed by atoms with Gasteiger partial charge in [0.1, 0.15) is 0 Å². The first kappa shape index (κ1) is 18.3. The maximum Gasteiger partial charge on any atom is 0.224 e. The van der Waals surface area contributed by atoms with Crippen molar-refractivity contribution in [3.63, 3.8) is 0 Å². The van der Waals surface area contributed by atoms with Crippen molar-refractivity contribution in [1.29, 1.82) is 0 Å². The third-order valence-corrected chi connectivity index (χ3v) is 4.88. The maximum atomic E-state index is 12.5. The average molecular weight is 348 g/mol. The first-order chi connectivity index (χ1) is 11.2. The van der Waals surface area contributed by atoms with E-state index in [1.165, 1.54) is 0 Å².